The predicted octanol–water partition coefficient (Wildman–Crippen LogP) is 7.50. The van der Waals surface area contributed by atoms with Crippen LogP contribution in [0.2, 0.25) is 0 Å². The van der Waals surface area contributed by atoms with Crippen molar-refractivity contribution >= 4 is 29.7 Å². The largest absolute Gasteiger partial charge is 0.530 e. The van der Waals surface area contributed by atoms with E-state index in [0.717, 1.165) is 42.2 Å². The first-order chi connectivity index (χ1) is 17.1. The van der Waals surface area contributed by atoms with Gasteiger partial charge in [-0.05, 0) is 25.0 Å². The standard InChI is InChI=1S/C26H28NO7P/c1-3-5-11-32-35(28,33-12-6-4-2)34-24-14-22(20-16-29-23-10-8-7-9-18(20)23)27-21-15-26-25(13-19(21)24)30-17-31-26/h7-10,13-16H,3-6,11-12,17H2,1-2H3. The second-order valence-corrected chi connectivity index (χ2v) is 9.88. The van der Waals surface area contributed by atoms with Crippen LogP contribution in [0.4, 0.5) is 0 Å². The van der Waals surface area contributed by atoms with Crippen LogP contribution in [0.3, 0.4) is 0 Å². The molecule has 3 heterocycles. The molecule has 35 heavy (non-hydrogen) atoms. The van der Waals surface area contributed by atoms with Gasteiger partial charge in [-0.2, -0.15) is 0 Å². The molecule has 1 aliphatic rings. The number of phosphoric ester groups is 1. The lowest BCUT2D eigenvalue weighted by Crippen LogP contribution is -2.05. The summed E-state index contributed by atoms with van der Waals surface area (Å²) < 4.78 is 47.9. The molecule has 0 saturated carbocycles. The van der Waals surface area contributed by atoms with Gasteiger partial charge in [0.15, 0.2) is 11.5 Å². The summed E-state index contributed by atoms with van der Waals surface area (Å²) in [5.74, 6) is 1.48. The number of rotatable bonds is 11. The number of pyridine rings is 1. The van der Waals surface area contributed by atoms with E-state index in [9.17, 15) is 4.57 Å². The Balaban J connectivity index is 1.61. The molecule has 0 saturated heterocycles. The Bertz CT molecular complexity index is 1370. The third-order valence-electron chi connectivity index (χ3n) is 5.73. The van der Waals surface area contributed by atoms with Gasteiger partial charge in [-0.15, -0.1) is 0 Å². The molecule has 2 aromatic carbocycles. The van der Waals surface area contributed by atoms with Gasteiger partial charge < -0.3 is 18.4 Å². The van der Waals surface area contributed by atoms with E-state index in [4.69, 9.17) is 32.4 Å². The summed E-state index contributed by atoms with van der Waals surface area (Å²) in [6.07, 6.45) is 4.94. The molecule has 0 bridgehead atoms. The Labute approximate surface area is 203 Å². The number of ether oxygens (including phenoxy) is 2. The van der Waals surface area contributed by atoms with Crippen LogP contribution in [0.15, 0.2) is 53.1 Å². The van der Waals surface area contributed by atoms with E-state index >= 15 is 0 Å². The Morgan fingerprint density at radius 2 is 1.66 bits per heavy atom. The summed E-state index contributed by atoms with van der Waals surface area (Å²) in [5, 5.41) is 1.52. The average molecular weight is 497 g/mol. The molecule has 184 valence electrons. The van der Waals surface area contributed by atoms with Crippen LogP contribution < -0.4 is 14.0 Å². The van der Waals surface area contributed by atoms with Crippen molar-refractivity contribution in [2.45, 2.75) is 39.5 Å². The minimum absolute atomic E-state index is 0.125. The molecule has 0 fully saturated rings. The van der Waals surface area contributed by atoms with Gasteiger partial charge in [-0.1, -0.05) is 44.9 Å². The molecule has 8 nitrogen and oxygen atoms in total. The number of furan rings is 1. The van der Waals surface area contributed by atoms with E-state index in [1.54, 1.807) is 24.5 Å². The zero-order chi connectivity index (χ0) is 24.3. The van der Waals surface area contributed by atoms with Gasteiger partial charge in [0.05, 0.1) is 24.4 Å². The number of hydrogen-bond donors (Lipinski definition) is 0. The number of hydrogen-bond acceptors (Lipinski definition) is 8. The van der Waals surface area contributed by atoms with Crippen LogP contribution in [0.25, 0.3) is 33.1 Å². The first-order valence-corrected chi connectivity index (χ1v) is 13.4. The zero-order valence-corrected chi connectivity index (χ0v) is 20.7. The van der Waals surface area contributed by atoms with Crippen molar-refractivity contribution in [3.8, 4) is 28.5 Å². The summed E-state index contributed by atoms with van der Waals surface area (Å²) in [4.78, 5) is 4.84. The summed E-state index contributed by atoms with van der Waals surface area (Å²) in [5.41, 5.74) is 2.73. The highest BCUT2D eigenvalue weighted by Gasteiger charge is 2.30. The SMILES string of the molecule is CCCCOP(=O)(OCCCC)Oc1cc(-c2coc3ccccc23)nc2cc3c(cc12)OCO3. The molecule has 2 aromatic heterocycles. The average Bonchev–Trinajstić information content (AvgIpc) is 3.50. The number of benzene rings is 2. The van der Waals surface area contributed by atoms with Gasteiger partial charge in [-0.3, -0.25) is 9.05 Å². The lowest BCUT2D eigenvalue weighted by Gasteiger charge is -2.20. The van der Waals surface area contributed by atoms with Crippen molar-refractivity contribution in [2.24, 2.45) is 0 Å². The van der Waals surface area contributed by atoms with Gasteiger partial charge in [0.25, 0.3) is 0 Å². The fraction of sp³-hybridized carbons (Fsp3) is 0.346. The molecular formula is C26H28NO7P. The summed E-state index contributed by atoms with van der Waals surface area (Å²) >= 11 is 0. The third-order valence-corrected chi connectivity index (χ3v) is 7.14. The normalized spacial score (nSPS) is 13.1. The van der Waals surface area contributed by atoms with Crippen molar-refractivity contribution in [1.29, 1.82) is 0 Å². The Morgan fingerprint density at radius 3 is 2.40 bits per heavy atom. The maximum absolute atomic E-state index is 13.7. The van der Waals surface area contributed by atoms with E-state index in [-0.39, 0.29) is 20.0 Å². The maximum Gasteiger partial charge on any atom is 0.530 e. The second kappa shape index (κ2) is 10.3. The van der Waals surface area contributed by atoms with Crippen LogP contribution in [0, 0.1) is 0 Å². The molecular weight excluding hydrogens is 469 g/mol. The maximum atomic E-state index is 13.7. The number of aromatic nitrogens is 1. The highest BCUT2D eigenvalue weighted by atomic mass is 31.2. The summed E-state index contributed by atoms with van der Waals surface area (Å²) in [6.45, 7) is 4.74. The van der Waals surface area contributed by atoms with Crippen molar-refractivity contribution < 1.29 is 32.0 Å². The molecule has 0 amide bonds. The molecule has 0 radical (unpaired) electrons. The van der Waals surface area contributed by atoms with Gasteiger partial charge in [0.2, 0.25) is 6.79 Å². The van der Waals surface area contributed by atoms with Crippen molar-refractivity contribution in [3.63, 3.8) is 0 Å². The first-order valence-electron chi connectivity index (χ1n) is 11.9. The van der Waals surface area contributed by atoms with Crippen LogP contribution in [-0.2, 0) is 13.6 Å². The molecule has 1 aliphatic heterocycles. The van der Waals surface area contributed by atoms with E-state index in [1.165, 1.54) is 0 Å². The molecule has 0 spiro atoms. The van der Waals surface area contributed by atoms with Crippen molar-refractivity contribution in [2.75, 3.05) is 20.0 Å². The number of unbranched alkanes of at least 4 members (excludes halogenated alkanes) is 2. The Morgan fingerprint density at radius 1 is 0.943 bits per heavy atom. The smallest absolute Gasteiger partial charge is 0.464 e. The van der Waals surface area contributed by atoms with E-state index < -0.39 is 7.82 Å². The van der Waals surface area contributed by atoms with Crippen LogP contribution in [0.5, 0.6) is 17.2 Å². The topological polar surface area (TPSA) is 89.3 Å². The van der Waals surface area contributed by atoms with Crippen molar-refractivity contribution in [1.82, 2.24) is 4.98 Å². The Kier molecular flexibility index (Phi) is 6.95. The summed E-state index contributed by atoms with van der Waals surface area (Å²) in [7, 11) is -3.89. The fourth-order valence-electron chi connectivity index (χ4n) is 3.83. The predicted molar refractivity (Wildman–Crippen MR) is 133 cm³/mol. The third kappa shape index (κ3) is 5.01. The fourth-order valence-corrected chi connectivity index (χ4v) is 5.10. The minimum Gasteiger partial charge on any atom is -0.464 e. The minimum atomic E-state index is -3.89. The number of nitrogens with zero attached hydrogens (tertiary/aromatic N) is 1. The van der Waals surface area contributed by atoms with Crippen LogP contribution in [-0.4, -0.2) is 25.0 Å². The lowest BCUT2D eigenvalue weighted by molar-refractivity contribution is 0.152. The highest BCUT2D eigenvalue weighted by Crippen LogP contribution is 2.52. The summed E-state index contributed by atoms with van der Waals surface area (Å²) in [6, 6.07) is 13.0. The van der Waals surface area contributed by atoms with Crippen molar-refractivity contribution in [3.05, 3.63) is 48.7 Å². The van der Waals surface area contributed by atoms with E-state index in [2.05, 4.69) is 0 Å². The number of para-hydroxylation sites is 1. The number of fused-ring (bicyclic) bond motifs is 3. The second-order valence-electron chi connectivity index (χ2n) is 8.29. The monoisotopic (exact) mass is 497 g/mol. The molecule has 0 N–H and O–H groups in total. The molecule has 9 heteroatoms. The van der Waals surface area contributed by atoms with Crippen LogP contribution >= 0.6 is 7.82 Å². The number of phosphoric acid groups is 1. The quantitative estimate of drug-likeness (QED) is 0.155. The van der Waals surface area contributed by atoms with E-state index in [1.807, 2.05) is 38.1 Å². The van der Waals surface area contributed by atoms with Crippen LogP contribution in [0.1, 0.15) is 39.5 Å². The molecule has 4 aromatic rings. The first kappa shape index (κ1) is 23.7. The van der Waals surface area contributed by atoms with Gasteiger partial charge in [-0.25, -0.2) is 9.55 Å². The van der Waals surface area contributed by atoms with Gasteiger partial charge in [0.1, 0.15) is 17.6 Å². The van der Waals surface area contributed by atoms with Gasteiger partial charge in [0, 0.05) is 28.5 Å². The molecule has 0 atom stereocenters. The zero-order valence-electron chi connectivity index (χ0n) is 19.8. The Hall–Kier alpha value is -3.06. The molecule has 0 aliphatic carbocycles. The highest BCUT2D eigenvalue weighted by molar-refractivity contribution is 7.48. The molecule has 5 rings (SSSR count). The molecule has 0 unspecified atom stereocenters. The van der Waals surface area contributed by atoms with E-state index in [0.29, 0.717) is 33.8 Å². The lowest BCUT2D eigenvalue weighted by atomic mass is 10.1. The van der Waals surface area contributed by atoms with Gasteiger partial charge >= 0.3 is 7.82 Å².